The minimum atomic E-state index is -0.242. The highest BCUT2D eigenvalue weighted by molar-refractivity contribution is 5.91. The number of hydrogen-bond donors (Lipinski definition) is 1. The first-order valence-corrected chi connectivity index (χ1v) is 8.85. The summed E-state index contributed by atoms with van der Waals surface area (Å²) in [6.07, 6.45) is 0.0345. The lowest BCUT2D eigenvalue weighted by molar-refractivity contribution is 0.207. The fourth-order valence-electron chi connectivity index (χ4n) is 2.94. The molecule has 138 valence electrons. The number of rotatable bonds is 4. The quantitative estimate of drug-likeness (QED) is 0.901. The van der Waals surface area contributed by atoms with Crippen LogP contribution in [-0.4, -0.2) is 43.2 Å². The number of carbonyl (C=O) groups excluding carboxylic acids is 1. The van der Waals surface area contributed by atoms with Gasteiger partial charge in [0.05, 0.1) is 11.8 Å². The third-order valence-corrected chi connectivity index (χ3v) is 4.25. The van der Waals surface area contributed by atoms with E-state index in [1.165, 1.54) is 12.1 Å². The van der Waals surface area contributed by atoms with Crippen LogP contribution in [0.25, 0.3) is 0 Å². The van der Waals surface area contributed by atoms with Gasteiger partial charge >= 0.3 is 6.03 Å². The van der Waals surface area contributed by atoms with Crippen molar-refractivity contribution in [3.05, 3.63) is 54.3 Å². The zero-order valence-electron chi connectivity index (χ0n) is 15.1. The molecule has 0 radical (unpaired) electrons. The fraction of sp³-hybridized carbons (Fsp3) is 0.350. The smallest absolute Gasteiger partial charge is 0.322 e. The minimum absolute atomic E-state index is 0.0345. The van der Waals surface area contributed by atoms with E-state index in [1.807, 2.05) is 38.1 Å². The molecule has 0 aromatic heterocycles. The van der Waals surface area contributed by atoms with Crippen LogP contribution >= 0.6 is 0 Å². The van der Waals surface area contributed by atoms with E-state index in [2.05, 4.69) is 10.2 Å². The monoisotopic (exact) mass is 357 g/mol. The molecule has 6 heteroatoms. The third-order valence-electron chi connectivity index (χ3n) is 4.25. The first kappa shape index (κ1) is 18.0. The van der Waals surface area contributed by atoms with Gasteiger partial charge in [-0.05, 0) is 50.2 Å². The Morgan fingerprint density at radius 2 is 1.69 bits per heavy atom. The molecule has 1 fully saturated rings. The maximum atomic E-state index is 13.1. The predicted octanol–water partition coefficient (Wildman–Crippen LogP) is 3.97. The van der Waals surface area contributed by atoms with Gasteiger partial charge in [-0.3, -0.25) is 0 Å². The van der Waals surface area contributed by atoms with E-state index in [-0.39, 0.29) is 18.0 Å². The molecule has 1 N–H and O–H groups in total. The van der Waals surface area contributed by atoms with Crippen molar-refractivity contribution < 1.29 is 13.9 Å². The summed E-state index contributed by atoms with van der Waals surface area (Å²) in [6.45, 7) is 6.54. The summed E-state index contributed by atoms with van der Waals surface area (Å²) in [5.41, 5.74) is 1.65. The van der Waals surface area contributed by atoms with E-state index < -0.39 is 0 Å². The van der Waals surface area contributed by atoms with Gasteiger partial charge in [0.2, 0.25) is 0 Å². The molecule has 2 amide bonds. The van der Waals surface area contributed by atoms with Gasteiger partial charge in [0.25, 0.3) is 0 Å². The lowest BCUT2D eigenvalue weighted by atomic mass is 10.2. The van der Waals surface area contributed by atoms with Crippen molar-refractivity contribution in [1.82, 2.24) is 4.90 Å². The number of para-hydroxylation sites is 2. The number of urea groups is 1. The van der Waals surface area contributed by atoms with E-state index in [0.29, 0.717) is 37.6 Å². The first-order chi connectivity index (χ1) is 12.5. The van der Waals surface area contributed by atoms with Crippen molar-refractivity contribution in [2.75, 3.05) is 36.4 Å². The number of hydrogen-bond acceptors (Lipinski definition) is 3. The zero-order valence-corrected chi connectivity index (χ0v) is 15.1. The van der Waals surface area contributed by atoms with Gasteiger partial charge in [-0.15, -0.1) is 0 Å². The standard InChI is InChI=1S/C20H24FN3O2/c1-15(2)26-19-6-4-3-5-18(19)22-20(25)24-13-11-23(12-14-24)17-9-7-16(21)8-10-17/h3-10,15H,11-14H2,1-2H3,(H,22,25). The predicted molar refractivity (Wildman–Crippen MR) is 101 cm³/mol. The molecule has 5 nitrogen and oxygen atoms in total. The Kier molecular flexibility index (Phi) is 5.61. The van der Waals surface area contributed by atoms with Crippen LogP contribution in [0.1, 0.15) is 13.8 Å². The van der Waals surface area contributed by atoms with E-state index in [9.17, 15) is 9.18 Å². The van der Waals surface area contributed by atoms with Gasteiger partial charge in [0.1, 0.15) is 11.6 Å². The molecule has 1 aliphatic rings. The molecule has 0 saturated carbocycles. The van der Waals surface area contributed by atoms with E-state index in [4.69, 9.17) is 4.74 Å². The van der Waals surface area contributed by atoms with Crippen LogP contribution in [-0.2, 0) is 0 Å². The van der Waals surface area contributed by atoms with Crippen molar-refractivity contribution in [3.63, 3.8) is 0 Å². The Labute approximate surface area is 153 Å². The first-order valence-electron chi connectivity index (χ1n) is 8.85. The van der Waals surface area contributed by atoms with Crippen LogP contribution in [0.5, 0.6) is 5.75 Å². The van der Waals surface area contributed by atoms with E-state index >= 15 is 0 Å². The van der Waals surface area contributed by atoms with Crippen molar-refractivity contribution in [1.29, 1.82) is 0 Å². The number of benzene rings is 2. The van der Waals surface area contributed by atoms with Crippen LogP contribution in [0.4, 0.5) is 20.6 Å². The molecular weight excluding hydrogens is 333 g/mol. The van der Waals surface area contributed by atoms with Crippen LogP contribution in [0.15, 0.2) is 48.5 Å². The lowest BCUT2D eigenvalue weighted by Gasteiger charge is -2.36. The van der Waals surface area contributed by atoms with E-state index in [1.54, 1.807) is 17.0 Å². The Morgan fingerprint density at radius 3 is 2.35 bits per heavy atom. The second kappa shape index (κ2) is 8.08. The summed E-state index contributed by atoms with van der Waals surface area (Å²) in [5, 5.41) is 2.94. The third kappa shape index (κ3) is 4.45. The molecule has 2 aromatic carbocycles. The molecule has 0 aliphatic carbocycles. The second-order valence-corrected chi connectivity index (χ2v) is 6.54. The Morgan fingerprint density at radius 1 is 1.04 bits per heavy atom. The number of ether oxygens (including phenoxy) is 1. The molecule has 0 atom stereocenters. The second-order valence-electron chi connectivity index (χ2n) is 6.54. The van der Waals surface area contributed by atoms with Gasteiger partial charge in [0.15, 0.2) is 0 Å². The summed E-state index contributed by atoms with van der Waals surface area (Å²) in [4.78, 5) is 16.5. The summed E-state index contributed by atoms with van der Waals surface area (Å²) in [5.74, 6) is 0.426. The topological polar surface area (TPSA) is 44.8 Å². The number of anilines is 2. The number of piperazine rings is 1. The number of amides is 2. The highest BCUT2D eigenvalue weighted by Crippen LogP contribution is 2.25. The lowest BCUT2D eigenvalue weighted by Crippen LogP contribution is -2.50. The molecular formula is C20H24FN3O2. The Hall–Kier alpha value is -2.76. The van der Waals surface area contributed by atoms with Gasteiger partial charge in [-0.2, -0.15) is 0 Å². The summed E-state index contributed by atoms with van der Waals surface area (Å²) < 4.78 is 18.8. The van der Waals surface area contributed by atoms with Crippen LogP contribution in [0, 0.1) is 5.82 Å². The summed E-state index contributed by atoms with van der Waals surface area (Å²) in [6, 6.07) is 13.8. The largest absolute Gasteiger partial charge is 0.489 e. The molecule has 0 spiro atoms. The molecule has 1 aliphatic heterocycles. The molecule has 1 heterocycles. The number of carbonyl (C=O) groups is 1. The van der Waals surface area contributed by atoms with Crippen LogP contribution in [0.2, 0.25) is 0 Å². The SMILES string of the molecule is CC(C)Oc1ccccc1NC(=O)N1CCN(c2ccc(F)cc2)CC1. The van der Waals surface area contributed by atoms with Crippen LogP contribution < -0.4 is 15.0 Å². The molecule has 0 bridgehead atoms. The van der Waals surface area contributed by atoms with Gasteiger partial charge in [-0.1, -0.05) is 12.1 Å². The zero-order chi connectivity index (χ0) is 18.5. The van der Waals surface area contributed by atoms with Crippen molar-refractivity contribution in [2.45, 2.75) is 20.0 Å². The minimum Gasteiger partial charge on any atom is -0.489 e. The van der Waals surface area contributed by atoms with Gasteiger partial charge < -0.3 is 19.9 Å². The molecule has 2 aromatic rings. The highest BCUT2D eigenvalue weighted by Gasteiger charge is 2.22. The van der Waals surface area contributed by atoms with Crippen molar-refractivity contribution in [2.24, 2.45) is 0 Å². The van der Waals surface area contributed by atoms with E-state index in [0.717, 1.165) is 5.69 Å². The number of nitrogens with one attached hydrogen (secondary N) is 1. The Bertz CT molecular complexity index is 741. The van der Waals surface area contributed by atoms with Crippen molar-refractivity contribution in [3.8, 4) is 5.75 Å². The average Bonchev–Trinajstić information content (AvgIpc) is 2.64. The fourth-order valence-corrected chi connectivity index (χ4v) is 2.94. The Balaban J connectivity index is 1.58. The molecule has 3 rings (SSSR count). The molecule has 1 saturated heterocycles. The van der Waals surface area contributed by atoms with Gasteiger partial charge in [0, 0.05) is 31.9 Å². The van der Waals surface area contributed by atoms with Gasteiger partial charge in [-0.25, -0.2) is 9.18 Å². The number of halogens is 1. The number of nitrogens with zero attached hydrogens (tertiary/aromatic N) is 2. The summed E-state index contributed by atoms with van der Waals surface area (Å²) in [7, 11) is 0. The summed E-state index contributed by atoms with van der Waals surface area (Å²) >= 11 is 0. The maximum absolute atomic E-state index is 13.1. The average molecular weight is 357 g/mol. The van der Waals surface area contributed by atoms with Crippen LogP contribution in [0.3, 0.4) is 0 Å². The normalized spacial score (nSPS) is 14.5. The van der Waals surface area contributed by atoms with Crippen molar-refractivity contribution >= 4 is 17.4 Å². The molecule has 26 heavy (non-hydrogen) atoms. The molecule has 0 unspecified atom stereocenters. The highest BCUT2D eigenvalue weighted by atomic mass is 19.1. The maximum Gasteiger partial charge on any atom is 0.322 e.